The van der Waals surface area contributed by atoms with E-state index in [1.54, 1.807) is 35.2 Å². The van der Waals surface area contributed by atoms with Gasteiger partial charge in [-0.1, -0.05) is 54.6 Å². The number of nitrogens with zero attached hydrogens (tertiary/aromatic N) is 1. The minimum absolute atomic E-state index is 0.00761. The summed E-state index contributed by atoms with van der Waals surface area (Å²) in [6, 6.07) is 19.5. The predicted octanol–water partition coefficient (Wildman–Crippen LogP) is 4.75. The van der Waals surface area contributed by atoms with E-state index in [0.717, 1.165) is 11.1 Å². The lowest BCUT2D eigenvalue weighted by molar-refractivity contribution is 0.0687. The first-order valence-corrected chi connectivity index (χ1v) is 8.54. The number of rotatable bonds is 2. The van der Waals surface area contributed by atoms with E-state index in [1.165, 1.54) is 18.2 Å². The highest BCUT2D eigenvalue weighted by atomic mass is 19.1. The van der Waals surface area contributed by atoms with Gasteiger partial charge in [0.2, 0.25) is 0 Å². The van der Waals surface area contributed by atoms with Crippen LogP contribution in [0.3, 0.4) is 0 Å². The summed E-state index contributed by atoms with van der Waals surface area (Å²) in [5.41, 5.74) is 2.39. The quantitative estimate of drug-likeness (QED) is 0.654. The van der Waals surface area contributed by atoms with Crippen LogP contribution < -0.4 is 0 Å². The van der Waals surface area contributed by atoms with E-state index in [2.05, 4.69) is 0 Å². The van der Waals surface area contributed by atoms with Crippen LogP contribution >= 0.6 is 0 Å². The summed E-state index contributed by atoms with van der Waals surface area (Å²) in [7, 11) is 0. The molecule has 0 aromatic heterocycles. The number of fused-ring (bicyclic) bond motifs is 1. The Hall–Kier alpha value is -3.01. The van der Waals surface area contributed by atoms with Gasteiger partial charge in [-0.05, 0) is 35.7 Å². The van der Waals surface area contributed by atoms with Crippen LogP contribution in [0.4, 0.5) is 8.78 Å². The van der Waals surface area contributed by atoms with Crippen molar-refractivity contribution in [3.63, 3.8) is 0 Å². The van der Waals surface area contributed by atoms with Gasteiger partial charge in [-0.2, -0.15) is 0 Å². The van der Waals surface area contributed by atoms with Crippen LogP contribution in [-0.4, -0.2) is 17.4 Å². The van der Waals surface area contributed by atoms with Crippen LogP contribution in [-0.2, 0) is 6.42 Å². The molecule has 0 aliphatic carbocycles. The first-order chi connectivity index (χ1) is 12.7. The molecule has 0 saturated carbocycles. The first-order valence-electron chi connectivity index (χ1n) is 8.54. The number of amides is 1. The zero-order valence-electron chi connectivity index (χ0n) is 14.0. The normalized spacial score (nSPS) is 16.2. The third-order valence-electron chi connectivity index (χ3n) is 4.85. The minimum Gasteiger partial charge on any atom is -0.327 e. The van der Waals surface area contributed by atoms with Gasteiger partial charge in [-0.25, -0.2) is 8.78 Å². The Bertz CT molecular complexity index is 970. The highest BCUT2D eigenvalue weighted by Gasteiger charge is 2.34. The van der Waals surface area contributed by atoms with Gasteiger partial charge in [0, 0.05) is 12.1 Å². The topological polar surface area (TPSA) is 20.3 Å². The molecule has 2 nitrogen and oxygen atoms in total. The van der Waals surface area contributed by atoms with Crippen LogP contribution in [0.25, 0.3) is 0 Å². The summed E-state index contributed by atoms with van der Waals surface area (Å²) in [4.78, 5) is 14.7. The molecule has 0 N–H and O–H groups in total. The predicted molar refractivity (Wildman–Crippen MR) is 95.8 cm³/mol. The molecule has 26 heavy (non-hydrogen) atoms. The van der Waals surface area contributed by atoms with E-state index in [9.17, 15) is 13.6 Å². The summed E-state index contributed by atoms with van der Waals surface area (Å²) < 4.78 is 28.8. The monoisotopic (exact) mass is 349 g/mol. The SMILES string of the molecule is O=C(c1ccccc1F)N1CCc2ccccc2C1c1ccccc1F. The molecule has 1 amide bonds. The number of benzene rings is 3. The van der Waals surface area contributed by atoms with Gasteiger partial charge >= 0.3 is 0 Å². The zero-order chi connectivity index (χ0) is 18.1. The van der Waals surface area contributed by atoms with Gasteiger partial charge in [0.1, 0.15) is 11.6 Å². The van der Waals surface area contributed by atoms with E-state index in [4.69, 9.17) is 0 Å². The largest absolute Gasteiger partial charge is 0.327 e. The smallest absolute Gasteiger partial charge is 0.257 e. The Morgan fingerprint density at radius 1 is 0.808 bits per heavy atom. The molecule has 0 spiro atoms. The van der Waals surface area contributed by atoms with E-state index in [-0.39, 0.29) is 11.4 Å². The Morgan fingerprint density at radius 2 is 1.42 bits per heavy atom. The molecule has 4 rings (SSSR count). The van der Waals surface area contributed by atoms with Gasteiger partial charge in [-0.3, -0.25) is 4.79 Å². The second-order valence-electron chi connectivity index (χ2n) is 6.35. The Balaban J connectivity index is 1.85. The molecule has 1 aliphatic heterocycles. The van der Waals surface area contributed by atoms with Crippen molar-refractivity contribution in [1.82, 2.24) is 4.90 Å². The van der Waals surface area contributed by atoms with Crippen molar-refractivity contribution in [2.24, 2.45) is 0 Å². The highest BCUT2D eigenvalue weighted by Crippen LogP contribution is 2.37. The molecule has 0 fully saturated rings. The number of carbonyl (C=O) groups is 1. The number of hydrogen-bond donors (Lipinski definition) is 0. The van der Waals surface area contributed by atoms with Crippen LogP contribution in [0.5, 0.6) is 0 Å². The molecule has 3 aromatic carbocycles. The molecular weight excluding hydrogens is 332 g/mol. The molecule has 0 radical (unpaired) electrons. The molecule has 130 valence electrons. The maximum atomic E-state index is 14.6. The molecule has 0 bridgehead atoms. The first kappa shape index (κ1) is 16.5. The molecule has 1 heterocycles. The molecule has 1 aliphatic rings. The van der Waals surface area contributed by atoms with Crippen molar-refractivity contribution in [2.75, 3.05) is 6.54 Å². The summed E-state index contributed by atoms with van der Waals surface area (Å²) in [6.07, 6.45) is 0.654. The molecule has 4 heteroatoms. The fourth-order valence-electron chi connectivity index (χ4n) is 3.61. The van der Waals surface area contributed by atoms with Crippen molar-refractivity contribution < 1.29 is 13.6 Å². The second-order valence-corrected chi connectivity index (χ2v) is 6.35. The third-order valence-corrected chi connectivity index (χ3v) is 4.85. The fraction of sp³-hybridized carbons (Fsp3) is 0.136. The van der Waals surface area contributed by atoms with E-state index >= 15 is 0 Å². The lowest BCUT2D eigenvalue weighted by atomic mass is 9.87. The maximum absolute atomic E-state index is 14.6. The number of hydrogen-bond acceptors (Lipinski definition) is 1. The standard InChI is InChI=1S/C22H17F2NO/c23-19-11-5-3-9-17(19)21-16-8-2-1-7-15(16)13-14-25(21)22(26)18-10-4-6-12-20(18)24/h1-12,21H,13-14H2. The number of halogens is 2. The Labute approximate surface area is 150 Å². The molecule has 1 atom stereocenters. The van der Waals surface area contributed by atoms with Crippen molar-refractivity contribution in [3.05, 3.63) is 107 Å². The van der Waals surface area contributed by atoms with E-state index < -0.39 is 17.8 Å². The van der Waals surface area contributed by atoms with Crippen molar-refractivity contribution in [1.29, 1.82) is 0 Å². The Morgan fingerprint density at radius 3 is 2.15 bits per heavy atom. The van der Waals surface area contributed by atoms with Crippen LogP contribution in [0.1, 0.15) is 33.1 Å². The van der Waals surface area contributed by atoms with Gasteiger partial charge in [-0.15, -0.1) is 0 Å². The van der Waals surface area contributed by atoms with Crippen molar-refractivity contribution in [2.45, 2.75) is 12.5 Å². The fourth-order valence-corrected chi connectivity index (χ4v) is 3.61. The summed E-state index contributed by atoms with van der Waals surface area (Å²) in [5.74, 6) is -1.37. The average molecular weight is 349 g/mol. The summed E-state index contributed by atoms with van der Waals surface area (Å²) in [5, 5.41) is 0. The molecule has 0 saturated heterocycles. The van der Waals surface area contributed by atoms with Crippen LogP contribution in [0.15, 0.2) is 72.8 Å². The van der Waals surface area contributed by atoms with E-state index in [0.29, 0.717) is 18.5 Å². The molecule has 3 aromatic rings. The summed E-state index contributed by atoms with van der Waals surface area (Å²) in [6.45, 7) is 0.406. The van der Waals surface area contributed by atoms with Gasteiger partial charge in [0.15, 0.2) is 0 Å². The minimum atomic E-state index is -0.576. The molecule has 1 unspecified atom stereocenters. The van der Waals surface area contributed by atoms with Crippen LogP contribution in [0, 0.1) is 11.6 Å². The lowest BCUT2D eigenvalue weighted by Gasteiger charge is -2.38. The Kier molecular flexibility index (Phi) is 4.25. The second kappa shape index (κ2) is 6.71. The summed E-state index contributed by atoms with van der Waals surface area (Å²) >= 11 is 0. The van der Waals surface area contributed by atoms with Gasteiger partial charge < -0.3 is 4.90 Å². The molecular formula is C22H17F2NO. The van der Waals surface area contributed by atoms with Gasteiger partial charge in [0.05, 0.1) is 11.6 Å². The van der Waals surface area contributed by atoms with E-state index in [1.807, 2.05) is 24.3 Å². The van der Waals surface area contributed by atoms with Crippen molar-refractivity contribution >= 4 is 5.91 Å². The van der Waals surface area contributed by atoms with Crippen molar-refractivity contribution in [3.8, 4) is 0 Å². The highest BCUT2D eigenvalue weighted by molar-refractivity contribution is 5.95. The maximum Gasteiger partial charge on any atom is 0.257 e. The average Bonchev–Trinajstić information content (AvgIpc) is 2.67. The van der Waals surface area contributed by atoms with Crippen LogP contribution in [0.2, 0.25) is 0 Å². The third kappa shape index (κ3) is 2.77. The lowest BCUT2D eigenvalue weighted by Crippen LogP contribution is -2.41. The zero-order valence-corrected chi connectivity index (χ0v) is 14.0. The van der Waals surface area contributed by atoms with Gasteiger partial charge in [0.25, 0.3) is 5.91 Å². The number of carbonyl (C=O) groups excluding carboxylic acids is 1.